The summed E-state index contributed by atoms with van der Waals surface area (Å²) >= 11 is 0. The van der Waals surface area contributed by atoms with Crippen LogP contribution in [-0.2, 0) is 20.7 Å². The van der Waals surface area contributed by atoms with Gasteiger partial charge in [0.25, 0.3) is 0 Å². The van der Waals surface area contributed by atoms with Crippen molar-refractivity contribution >= 4 is 17.6 Å². The Hall–Kier alpha value is -3.15. The van der Waals surface area contributed by atoms with Crippen LogP contribution in [0.25, 0.3) is 0 Å². The van der Waals surface area contributed by atoms with Crippen molar-refractivity contribution in [1.82, 2.24) is 5.01 Å². The molecular weight excluding hydrogens is 368 g/mol. The lowest BCUT2D eigenvalue weighted by Gasteiger charge is -2.11. The fourth-order valence-corrected chi connectivity index (χ4v) is 3.05. The molecule has 0 bridgehead atoms. The molecule has 0 unspecified atom stereocenters. The van der Waals surface area contributed by atoms with Crippen LogP contribution in [0.4, 0.5) is 0 Å². The third-order valence-corrected chi connectivity index (χ3v) is 4.66. The summed E-state index contributed by atoms with van der Waals surface area (Å²) in [5.41, 5.74) is 3.11. The summed E-state index contributed by atoms with van der Waals surface area (Å²) in [4.78, 5) is 24.2. The Bertz CT molecular complexity index is 864. The second-order valence-corrected chi connectivity index (χ2v) is 6.75. The zero-order valence-corrected chi connectivity index (χ0v) is 16.7. The molecule has 0 spiro atoms. The van der Waals surface area contributed by atoms with Gasteiger partial charge in [-0.1, -0.05) is 49.4 Å². The van der Waals surface area contributed by atoms with Crippen molar-refractivity contribution in [2.45, 2.75) is 32.6 Å². The van der Waals surface area contributed by atoms with E-state index in [0.29, 0.717) is 6.54 Å². The molecule has 1 amide bonds. The first-order valence-corrected chi connectivity index (χ1v) is 9.96. The fraction of sp³-hybridized carbons (Fsp3) is 0.348. The third kappa shape index (κ3) is 6.17. The van der Waals surface area contributed by atoms with Gasteiger partial charge in [-0.3, -0.25) is 9.59 Å². The van der Waals surface area contributed by atoms with Crippen molar-refractivity contribution in [1.29, 1.82) is 0 Å². The van der Waals surface area contributed by atoms with E-state index in [4.69, 9.17) is 9.47 Å². The fourth-order valence-electron chi connectivity index (χ4n) is 3.05. The molecule has 0 fully saturated rings. The van der Waals surface area contributed by atoms with Crippen molar-refractivity contribution < 1.29 is 19.1 Å². The number of benzene rings is 2. The molecule has 0 atom stereocenters. The van der Waals surface area contributed by atoms with E-state index >= 15 is 0 Å². The molecule has 0 radical (unpaired) electrons. The van der Waals surface area contributed by atoms with Crippen molar-refractivity contribution in [2.24, 2.45) is 5.10 Å². The molecule has 6 nitrogen and oxygen atoms in total. The molecule has 1 heterocycles. The van der Waals surface area contributed by atoms with Crippen molar-refractivity contribution in [3.8, 4) is 5.75 Å². The van der Waals surface area contributed by atoms with Crippen LogP contribution in [0.5, 0.6) is 5.75 Å². The third-order valence-electron chi connectivity index (χ3n) is 4.66. The summed E-state index contributed by atoms with van der Waals surface area (Å²) in [7, 11) is 0. The van der Waals surface area contributed by atoms with E-state index in [2.05, 4.69) is 12.0 Å². The first-order valence-electron chi connectivity index (χ1n) is 9.96. The van der Waals surface area contributed by atoms with E-state index in [1.165, 1.54) is 10.6 Å². The van der Waals surface area contributed by atoms with Gasteiger partial charge in [-0.2, -0.15) is 5.10 Å². The number of aryl methyl sites for hydroxylation is 1. The van der Waals surface area contributed by atoms with Gasteiger partial charge in [0.2, 0.25) is 5.91 Å². The zero-order chi connectivity index (χ0) is 20.5. The monoisotopic (exact) mass is 394 g/mol. The van der Waals surface area contributed by atoms with Gasteiger partial charge in [-0.15, -0.1) is 0 Å². The van der Waals surface area contributed by atoms with E-state index in [0.717, 1.165) is 29.9 Å². The van der Waals surface area contributed by atoms with Crippen LogP contribution in [0.15, 0.2) is 59.7 Å². The molecule has 2 aromatic carbocycles. The van der Waals surface area contributed by atoms with Crippen LogP contribution in [0.1, 0.15) is 37.3 Å². The van der Waals surface area contributed by atoms with Crippen LogP contribution in [0, 0.1) is 0 Å². The number of ether oxygens (including phenoxy) is 2. The quantitative estimate of drug-likeness (QED) is 0.481. The lowest BCUT2D eigenvalue weighted by Crippen LogP contribution is -2.24. The average molecular weight is 394 g/mol. The number of hydrazone groups is 1. The summed E-state index contributed by atoms with van der Waals surface area (Å²) < 4.78 is 10.7. The maximum Gasteiger partial charge on any atom is 0.306 e. The number of carbonyl (C=O) groups excluding carboxylic acids is 2. The zero-order valence-electron chi connectivity index (χ0n) is 16.7. The Labute approximate surface area is 171 Å². The maximum atomic E-state index is 12.3. The second-order valence-electron chi connectivity index (χ2n) is 6.75. The van der Waals surface area contributed by atoms with Gasteiger partial charge in [0.1, 0.15) is 19.0 Å². The molecular formula is C23H26N2O4. The van der Waals surface area contributed by atoms with Gasteiger partial charge in [-0.25, -0.2) is 5.01 Å². The molecule has 2 aromatic rings. The SMILES string of the molecule is CCc1cccc(OCCOC(=O)CCC(=O)N2CCC(c3ccccc3)=N2)c1. The molecule has 0 aliphatic carbocycles. The largest absolute Gasteiger partial charge is 0.490 e. The van der Waals surface area contributed by atoms with Gasteiger partial charge in [-0.05, 0) is 29.7 Å². The molecule has 29 heavy (non-hydrogen) atoms. The van der Waals surface area contributed by atoms with Crippen molar-refractivity contribution in [3.05, 3.63) is 65.7 Å². The van der Waals surface area contributed by atoms with Crippen LogP contribution < -0.4 is 4.74 Å². The van der Waals surface area contributed by atoms with Gasteiger partial charge >= 0.3 is 5.97 Å². The molecule has 1 aliphatic heterocycles. The Morgan fingerprint density at radius 2 is 1.86 bits per heavy atom. The topological polar surface area (TPSA) is 68.2 Å². The van der Waals surface area contributed by atoms with Crippen LogP contribution in [-0.4, -0.2) is 42.4 Å². The number of rotatable bonds is 9. The summed E-state index contributed by atoms with van der Waals surface area (Å²) in [6.45, 7) is 3.06. The molecule has 6 heteroatoms. The van der Waals surface area contributed by atoms with E-state index < -0.39 is 5.97 Å². The molecule has 0 saturated heterocycles. The summed E-state index contributed by atoms with van der Waals surface area (Å²) in [5.74, 6) is 0.188. The molecule has 1 aliphatic rings. The number of hydrogen-bond donors (Lipinski definition) is 0. The number of amides is 1. The number of nitrogens with zero attached hydrogens (tertiary/aromatic N) is 2. The first-order chi connectivity index (χ1) is 14.2. The predicted octanol–water partition coefficient (Wildman–Crippen LogP) is 3.59. The van der Waals surface area contributed by atoms with Gasteiger partial charge in [0, 0.05) is 12.8 Å². The standard InChI is InChI=1S/C23H26N2O4/c1-2-18-7-6-10-20(17-18)28-15-16-29-23(27)12-11-22(26)25-14-13-21(24-25)19-8-4-3-5-9-19/h3-10,17H,2,11-16H2,1H3. The van der Waals surface area contributed by atoms with E-state index in [9.17, 15) is 9.59 Å². The van der Waals surface area contributed by atoms with Crippen LogP contribution in [0.3, 0.4) is 0 Å². The minimum Gasteiger partial charge on any atom is -0.490 e. The highest BCUT2D eigenvalue weighted by Gasteiger charge is 2.22. The first kappa shape index (κ1) is 20.6. The lowest BCUT2D eigenvalue weighted by atomic mass is 10.1. The highest BCUT2D eigenvalue weighted by molar-refractivity contribution is 6.02. The lowest BCUT2D eigenvalue weighted by molar-refractivity contribution is -0.146. The highest BCUT2D eigenvalue weighted by atomic mass is 16.6. The Morgan fingerprint density at radius 1 is 1.03 bits per heavy atom. The summed E-state index contributed by atoms with van der Waals surface area (Å²) in [5, 5.41) is 5.83. The Balaban J connectivity index is 1.35. The van der Waals surface area contributed by atoms with Crippen LogP contribution in [0.2, 0.25) is 0 Å². The van der Waals surface area contributed by atoms with Crippen LogP contribution >= 0.6 is 0 Å². The smallest absolute Gasteiger partial charge is 0.306 e. The Kier molecular flexibility index (Phi) is 7.39. The number of carbonyl (C=O) groups is 2. The van der Waals surface area contributed by atoms with E-state index in [1.807, 2.05) is 54.6 Å². The van der Waals surface area contributed by atoms with E-state index in [-0.39, 0.29) is 32.0 Å². The van der Waals surface area contributed by atoms with Crippen molar-refractivity contribution in [2.75, 3.05) is 19.8 Å². The minimum atomic E-state index is -0.407. The molecule has 0 aromatic heterocycles. The molecule has 0 saturated carbocycles. The predicted molar refractivity (Wildman–Crippen MR) is 111 cm³/mol. The average Bonchev–Trinajstić information content (AvgIpc) is 3.26. The van der Waals surface area contributed by atoms with Gasteiger partial charge in [0.05, 0.1) is 18.7 Å². The summed E-state index contributed by atoms with van der Waals surface area (Å²) in [6, 6.07) is 17.6. The minimum absolute atomic E-state index is 0.0385. The second kappa shape index (κ2) is 10.4. The Morgan fingerprint density at radius 3 is 2.66 bits per heavy atom. The summed E-state index contributed by atoms with van der Waals surface area (Å²) in [6.07, 6.45) is 1.78. The van der Waals surface area contributed by atoms with Gasteiger partial charge < -0.3 is 9.47 Å². The highest BCUT2D eigenvalue weighted by Crippen LogP contribution is 2.15. The van der Waals surface area contributed by atoms with E-state index in [1.54, 1.807) is 0 Å². The molecule has 3 rings (SSSR count). The normalized spacial score (nSPS) is 13.1. The number of hydrogen-bond acceptors (Lipinski definition) is 5. The number of esters is 1. The van der Waals surface area contributed by atoms with Crippen molar-refractivity contribution in [3.63, 3.8) is 0 Å². The molecule has 0 N–H and O–H groups in total. The van der Waals surface area contributed by atoms with Gasteiger partial charge in [0.15, 0.2) is 0 Å². The molecule has 152 valence electrons. The maximum absolute atomic E-state index is 12.3.